The average Bonchev–Trinajstić information content (AvgIpc) is 1.73. The van der Waals surface area contributed by atoms with Gasteiger partial charge in [0, 0.05) is 39.1 Å². The molecular weight excluding hydrogens is 1150 g/mol. The second-order valence-corrected chi connectivity index (χ2v) is 22.8. The van der Waals surface area contributed by atoms with E-state index in [4.69, 9.17) is 85.3 Å². The largest absolute Gasteiger partial charge is 0.493 e. The van der Waals surface area contributed by atoms with Crippen molar-refractivity contribution in [2.45, 2.75) is 135 Å². The van der Waals surface area contributed by atoms with Gasteiger partial charge in [0.05, 0.1) is 102 Å². The molecule has 4 aliphatic rings. The quantitative estimate of drug-likeness (QED) is 0.0356. The fraction of sp³-hybridized carbons (Fsp3) is 0.500. The minimum Gasteiger partial charge on any atom is -0.493 e. The number of rotatable bonds is 33. The Morgan fingerprint density at radius 1 is 0.289 bits per heavy atom. The lowest BCUT2D eigenvalue weighted by atomic mass is 9.94. The fourth-order valence-corrected chi connectivity index (χ4v) is 11.5. The zero-order valence-electron chi connectivity index (χ0n) is 53.3. The molecule has 3 unspecified atom stereocenters. The number of benzene rings is 6. The molecule has 3 atom stereocenters. The molecule has 90 heavy (non-hydrogen) atoms. The van der Waals surface area contributed by atoms with Crippen LogP contribution >= 0.6 is 0 Å². The molecule has 3 fully saturated rings. The van der Waals surface area contributed by atoms with Gasteiger partial charge in [-0.25, -0.2) is 0 Å². The van der Waals surface area contributed by atoms with Crippen molar-refractivity contribution in [3.05, 3.63) is 141 Å². The van der Waals surface area contributed by atoms with Gasteiger partial charge < -0.3 is 85.3 Å². The number of fused-ring (bicyclic) bond motifs is 3. The number of hydrogen-bond donors (Lipinski definition) is 0. The van der Waals surface area contributed by atoms with Crippen LogP contribution in [0.2, 0.25) is 0 Å². The standard InChI is InChI=1S/C72H90O18/c1-73-61-34-49(46-88-70-16-7-10-25-85-70)19-22-58(61)79-28-13-31-82-67-43-55-37-53-41-65(77-5)69(84-33-15-30-81-60-24-21-51(36-63(60)75-3)48-90-72-18-9-12-27-87-72)45-57(53)39-54-42-66(78-6)68(44-56(54)38-52(55)40-64(67)76-4)83-32-14-29-80-59-23-20-50(35-62(59)74-2)47-89-71-17-8-11-26-86-71/h19-24,34-36,40-45,70-72H,7-18,25-33,37-39,46-48H2,1-6H3. The van der Waals surface area contributed by atoms with E-state index in [2.05, 4.69) is 36.4 Å². The molecule has 0 aromatic heterocycles. The summed E-state index contributed by atoms with van der Waals surface area (Å²) >= 11 is 0. The molecule has 10 rings (SSSR count). The summed E-state index contributed by atoms with van der Waals surface area (Å²) in [6.07, 6.45) is 12.3. The van der Waals surface area contributed by atoms with Crippen LogP contribution in [0.15, 0.2) is 91.0 Å². The summed E-state index contributed by atoms with van der Waals surface area (Å²) in [4.78, 5) is 0. The Morgan fingerprint density at radius 3 is 0.778 bits per heavy atom. The lowest BCUT2D eigenvalue weighted by Gasteiger charge is -2.22. The molecule has 3 heterocycles. The van der Waals surface area contributed by atoms with Crippen molar-refractivity contribution < 1.29 is 85.3 Å². The second kappa shape index (κ2) is 34.2. The van der Waals surface area contributed by atoms with Gasteiger partial charge in [-0.1, -0.05) is 18.2 Å². The van der Waals surface area contributed by atoms with Gasteiger partial charge in [-0.15, -0.1) is 0 Å². The molecule has 6 aromatic rings. The van der Waals surface area contributed by atoms with Crippen LogP contribution in [-0.4, -0.2) is 121 Å². The maximum absolute atomic E-state index is 6.56. The second-order valence-electron chi connectivity index (χ2n) is 22.8. The van der Waals surface area contributed by atoms with Crippen LogP contribution in [0, 0.1) is 0 Å². The Hall–Kier alpha value is -7.32. The monoisotopic (exact) mass is 1240 g/mol. The van der Waals surface area contributed by atoms with Crippen LogP contribution < -0.4 is 56.8 Å². The summed E-state index contributed by atoms with van der Waals surface area (Å²) in [5.41, 5.74) is 9.42. The Morgan fingerprint density at radius 2 is 0.533 bits per heavy atom. The van der Waals surface area contributed by atoms with Crippen LogP contribution in [0.5, 0.6) is 69.0 Å². The third-order valence-corrected chi connectivity index (χ3v) is 16.4. The highest BCUT2D eigenvalue weighted by molar-refractivity contribution is 5.58. The first-order valence-corrected chi connectivity index (χ1v) is 31.9. The van der Waals surface area contributed by atoms with Crippen molar-refractivity contribution in [1.29, 1.82) is 0 Å². The molecule has 0 N–H and O–H groups in total. The molecule has 0 amide bonds. The Balaban J connectivity index is 0.826. The minimum absolute atomic E-state index is 0.173. The molecule has 3 saturated heterocycles. The van der Waals surface area contributed by atoms with Crippen molar-refractivity contribution in [1.82, 2.24) is 0 Å². The van der Waals surface area contributed by atoms with Gasteiger partial charge in [0.25, 0.3) is 0 Å². The predicted octanol–water partition coefficient (Wildman–Crippen LogP) is 13.5. The van der Waals surface area contributed by atoms with Crippen LogP contribution in [-0.2, 0) is 67.5 Å². The van der Waals surface area contributed by atoms with Gasteiger partial charge in [-0.3, -0.25) is 0 Å². The van der Waals surface area contributed by atoms with Gasteiger partial charge >= 0.3 is 0 Å². The third kappa shape index (κ3) is 18.4. The zero-order valence-corrected chi connectivity index (χ0v) is 53.3. The van der Waals surface area contributed by atoms with E-state index >= 15 is 0 Å². The van der Waals surface area contributed by atoms with E-state index in [1.807, 2.05) is 54.6 Å². The van der Waals surface area contributed by atoms with E-state index in [-0.39, 0.29) is 18.9 Å². The highest BCUT2D eigenvalue weighted by atomic mass is 16.7. The first-order chi connectivity index (χ1) is 44.3. The first-order valence-electron chi connectivity index (χ1n) is 31.9. The summed E-state index contributed by atoms with van der Waals surface area (Å²) in [6.45, 7) is 5.86. The lowest BCUT2D eigenvalue weighted by Crippen LogP contribution is -2.22. The molecule has 18 nitrogen and oxygen atoms in total. The normalized spacial score (nSPS) is 17.2. The molecule has 6 aromatic carbocycles. The first kappa shape index (κ1) is 65.6. The van der Waals surface area contributed by atoms with Crippen molar-refractivity contribution in [2.24, 2.45) is 0 Å². The molecule has 0 radical (unpaired) electrons. The van der Waals surface area contributed by atoms with E-state index in [1.165, 1.54) is 0 Å². The minimum atomic E-state index is -0.173. The molecular formula is C72H90O18. The Bertz CT molecular complexity index is 2870. The van der Waals surface area contributed by atoms with Crippen molar-refractivity contribution in [3.8, 4) is 69.0 Å². The fourth-order valence-electron chi connectivity index (χ4n) is 11.5. The number of methoxy groups -OCH3 is 6. The Kier molecular flexibility index (Phi) is 24.9. The van der Waals surface area contributed by atoms with Crippen molar-refractivity contribution in [2.75, 3.05) is 102 Å². The molecule has 0 spiro atoms. The maximum Gasteiger partial charge on any atom is 0.161 e. The highest BCUT2D eigenvalue weighted by Gasteiger charge is 2.25. The van der Waals surface area contributed by atoms with Crippen molar-refractivity contribution in [3.63, 3.8) is 0 Å². The van der Waals surface area contributed by atoms with Crippen LogP contribution in [0.25, 0.3) is 0 Å². The smallest absolute Gasteiger partial charge is 0.161 e. The van der Waals surface area contributed by atoms with Crippen molar-refractivity contribution >= 4 is 0 Å². The van der Waals surface area contributed by atoms with Gasteiger partial charge in [0.2, 0.25) is 0 Å². The van der Waals surface area contributed by atoms with Crippen LogP contribution in [0.4, 0.5) is 0 Å². The van der Waals surface area contributed by atoms with Crippen LogP contribution in [0.3, 0.4) is 0 Å². The van der Waals surface area contributed by atoms with E-state index in [1.54, 1.807) is 42.7 Å². The molecule has 486 valence electrons. The number of ether oxygens (including phenoxy) is 18. The summed E-state index contributed by atoms with van der Waals surface area (Å²) in [5, 5.41) is 0. The maximum atomic E-state index is 6.56. The summed E-state index contributed by atoms with van der Waals surface area (Å²) in [7, 11) is 9.95. The topological polar surface area (TPSA) is 166 Å². The molecule has 1 aliphatic carbocycles. The lowest BCUT2D eigenvalue weighted by molar-refractivity contribution is -0.169. The van der Waals surface area contributed by atoms with Crippen LogP contribution in [0.1, 0.15) is 127 Å². The van der Waals surface area contributed by atoms with E-state index in [9.17, 15) is 0 Å². The van der Waals surface area contributed by atoms with Gasteiger partial charge in [-0.2, -0.15) is 0 Å². The van der Waals surface area contributed by atoms with E-state index < -0.39 is 0 Å². The van der Waals surface area contributed by atoms with Gasteiger partial charge in [0.15, 0.2) is 87.9 Å². The summed E-state index contributed by atoms with van der Waals surface area (Å²) in [5.74, 6) is 7.67. The van der Waals surface area contributed by atoms with Gasteiger partial charge in [-0.05, 0) is 200 Å². The Labute approximate surface area is 530 Å². The highest BCUT2D eigenvalue weighted by Crippen LogP contribution is 2.42. The van der Waals surface area contributed by atoms with E-state index in [0.29, 0.717) is 167 Å². The summed E-state index contributed by atoms with van der Waals surface area (Å²) < 4.78 is 109. The predicted molar refractivity (Wildman–Crippen MR) is 338 cm³/mol. The molecule has 0 saturated carbocycles. The SMILES string of the molecule is COc1cc(COC2CCCCO2)ccc1OCCCOc1cc2c(cc1OC)Cc1cc(OCCCOc3ccc(COC4CCCCO4)cc3OC)c(OC)cc1Cc1cc(OCCCOc3ccc(COC4CCCCO4)cc3OC)c(OC)cc1C2. The molecule has 0 bridgehead atoms. The van der Waals surface area contributed by atoms with E-state index in [0.717, 1.165) is 128 Å². The zero-order chi connectivity index (χ0) is 62.3. The van der Waals surface area contributed by atoms with Gasteiger partial charge in [0.1, 0.15) is 0 Å². The molecule has 3 aliphatic heterocycles. The summed E-state index contributed by atoms with van der Waals surface area (Å²) in [6, 6.07) is 30.2. The molecule has 18 heteroatoms. The number of hydrogen-bond acceptors (Lipinski definition) is 18. The third-order valence-electron chi connectivity index (χ3n) is 16.4. The average molecular weight is 1240 g/mol.